The molecule has 0 amide bonds. The van der Waals surface area contributed by atoms with Crippen molar-refractivity contribution < 1.29 is 8.42 Å². The van der Waals surface area contributed by atoms with E-state index in [0.29, 0.717) is 0 Å². The maximum absolute atomic E-state index is 11.6. The van der Waals surface area contributed by atoms with Crippen LogP contribution >= 0.6 is 0 Å². The van der Waals surface area contributed by atoms with Crippen LogP contribution in [0, 0.1) is 0 Å². The number of hydrogen-bond donors (Lipinski definition) is 0. The van der Waals surface area contributed by atoms with Crippen molar-refractivity contribution in [2.24, 2.45) is 0 Å². The Kier molecular flexibility index (Phi) is 3.23. The number of sulfone groups is 1. The van der Waals surface area contributed by atoms with Crippen LogP contribution in [0.15, 0.2) is 0 Å². The minimum Gasteiger partial charge on any atom is -0.298 e. The molecule has 0 aliphatic carbocycles. The molecule has 0 aromatic heterocycles. The number of rotatable bonds is 1. The van der Waals surface area contributed by atoms with E-state index in [1.165, 1.54) is 6.26 Å². The SMILES string of the molecule is CC(C)(C)N1CCC(C)(S(C)(=O)=O)CC1. The van der Waals surface area contributed by atoms with E-state index in [0.717, 1.165) is 25.9 Å². The summed E-state index contributed by atoms with van der Waals surface area (Å²) in [5.74, 6) is 0. The summed E-state index contributed by atoms with van der Waals surface area (Å²) in [7, 11) is -2.92. The Bertz CT molecular complexity index is 319. The van der Waals surface area contributed by atoms with Gasteiger partial charge < -0.3 is 0 Å². The molecule has 0 aromatic rings. The van der Waals surface area contributed by atoms with Crippen LogP contribution in [-0.2, 0) is 9.84 Å². The molecule has 1 heterocycles. The van der Waals surface area contributed by atoms with Crippen molar-refractivity contribution in [3.05, 3.63) is 0 Å². The standard InChI is InChI=1S/C11H23NO2S/c1-10(2,3)12-8-6-11(4,7-9-12)15(5,13)14/h6-9H2,1-5H3. The zero-order valence-corrected chi connectivity index (χ0v) is 11.3. The first-order valence-corrected chi connectivity index (χ1v) is 7.40. The van der Waals surface area contributed by atoms with Gasteiger partial charge in [0.25, 0.3) is 0 Å². The van der Waals surface area contributed by atoms with E-state index in [-0.39, 0.29) is 5.54 Å². The highest BCUT2D eigenvalue weighted by Crippen LogP contribution is 2.32. The first-order chi connectivity index (χ1) is 6.56. The maximum Gasteiger partial charge on any atom is 0.152 e. The van der Waals surface area contributed by atoms with Crippen molar-refractivity contribution in [1.82, 2.24) is 4.90 Å². The second-order valence-electron chi connectivity index (χ2n) is 5.88. The predicted molar refractivity (Wildman–Crippen MR) is 63.8 cm³/mol. The molecular formula is C11H23NO2S. The van der Waals surface area contributed by atoms with Crippen LogP contribution in [0.1, 0.15) is 40.5 Å². The van der Waals surface area contributed by atoms with E-state index in [1.807, 2.05) is 6.92 Å². The number of likely N-dealkylation sites (tertiary alicyclic amines) is 1. The van der Waals surface area contributed by atoms with Crippen molar-refractivity contribution in [3.8, 4) is 0 Å². The van der Waals surface area contributed by atoms with E-state index >= 15 is 0 Å². The lowest BCUT2D eigenvalue weighted by Gasteiger charge is -2.44. The molecule has 0 aromatic carbocycles. The maximum atomic E-state index is 11.6. The van der Waals surface area contributed by atoms with E-state index in [1.54, 1.807) is 0 Å². The van der Waals surface area contributed by atoms with E-state index in [9.17, 15) is 8.42 Å². The molecule has 1 rings (SSSR count). The second kappa shape index (κ2) is 3.74. The van der Waals surface area contributed by atoms with E-state index < -0.39 is 14.6 Å². The lowest BCUT2D eigenvalue weighted by Crippen LogP contribution is -2.52. The molecule has 15 heavy (non-hydrogen) atoms. The summed E-state index contributed by atoms with van der Waals surface area (Å²) in [4.78, 5) is 2.36. The molecule has 1 saturated heterocycles. The van der Waals surface area contributed by atoms with Gasteiger partial charge in [-0.05, 0) is 40.5 Å². The molecule has 0 unspecified atom stereocenters. The lowest BCUT2D eigenvalue weighted by atomic mass is 9.94. The highest BCUT2D eigenvalue weighted by molar-refractivity contribution is 7.92. The average molecular weight is 233 g/mol. The normalized spacial score (nSPS) is 24.1. The van der Waals surface area contributed by atoms with Crippen molar-refractivity contribution in [2.45, 2.75) is 50.8 Å². The largest absolute Gasteiger partial charge is 0.298 e. The van der Waals surface area contributed by atoms with Gasteiger partial charge in [0, 0.05) is 24.9 Å². The van der Waals surface area contributed by atoms with Crippen LogP contribution < -0.4 is 0 Å². The lowest BCUT2D eigenvalue weighted by molar-refractivity contribution is 0.0973. The van der Waals surface area contributed by atoms with Crippen LogP contribution in [0.2, 0.25) is 0 Å². The highest BCUT2D eigenvalue weighted by atomic mass is 32.2. The summed E-state index contributed by atoms with van der Waals surface area (Å²) < 4.78 is 22.8. The molecule has 90 valence electrons. The Morgan fingerprint density at radius 2 is 1.53 bits per heavy atom. The third-order valence-corrected chi connectivity index (χ3v) is 5.86. The molecule has 0 spiro atoms. The van der Waals surface area contributed by atoms with Crippen molar-refractivity contribution in [2.75, 3.05) is 19.3 Å². The summed E-state index contributed by atoms with van der Waals surface area (Å²) in [6.07, 6.45) is 2.87. The van der Waals surface area contributed by atoms with E-state index in [2.05, 4.69) is 25.7 Å². The van der Waals surface area contributed by atoms with Gasteiger partial charge in [0.2, 0.25) is 0 Å². The Morgan fingerprint density at radius 1 is 1.13 bits per heavy atom. The Balaban J connectivity index is 2.72. The Hall–Kier alpha value is -0.0900. The Morgan fingerprint density at radius 3 is 1.80 bits per heavy atom. The number of piperidine rings is 1. The monoisotopic (exact) mass is 233 g/mol. The Labute approximate surface area is 93.8 Å². The fourth-order valence-electron chi connectivity index (χ4n) is 2.02. The predicted octanol–water partition coefficient (Wildman–Crippen LogP) is 1.68. The van der Waals surface area contributed by atoms with Crippen LogP contribution in [-0.4, -0.2) is 42.9 Å². The van der Waals surface area contributed by atoms with Gasteiger partial charge in [0.1, 0.15) is 0 Å². The zero-order valence-electron chi connectivity index (χ0n) is 10.5. The molecular weight excluding hydrogens is 210 g/mol. The quantitative estimate of drug-likeness (QED) is 0.691. The summed E-state index contributed by atoms with van der Waals surface area (Å²) in [6, 6.07) is 0. The molecule has 1 fully saturated rings. The summed E-state index contributed by atoms with van der Waals surface area (Å²) in [5.41, 5.74) is 0.152. The first-order valence-electron chi connectivity index (χ1n) is 5.51. The minimum atomic E-state index is -2.92. The topological polar surface area (TPSA) is 37.4 Å². The molecule has 3 nitrogen and oxygen atoms in total. The van der Waals surface area contributed by atoms with Gasteiger partial charge in [0.15, 0.2) is 9.84 Å². The molecule has 0 bridgehead atoms. The summed E-state index contributed by atoms with van der Waals surface area (Å²) in [6.45, 7) is 10.2. The van der Waals surface area contributed by atoms with Gasteiger partial charge in [-0.1, -0.05) is 0 Å². The van der Waals surface area contributed by atoms with Crippen molar-refractivity contribution in [3.63, 3.8) is 0 Å². The smallest absolute Gasteiger partial charge is 0.152 e. The molecule has 0 N–H and O–H groups in total. The number of hydrogen-bond acceptors (Lipinski definition) is 3. The third kappa shape index (κ3) is 2.72. The fraction of sp³-hybridized carbons (Fsp3) is 1.00. The molecule has 4 heteroatoms. The van der Waals surface area contributed by atoms with Crippen LogP contribution in [0.25, 0.3) is 0 Å². The highest BCUT2D eigenvalue weighted by Gasteiger charge is 2.40. The number of nitrogens with zero attached hydrogens (tertiary/aromatic N) is 1. The van der Waals surface area contributed by atoms with Gasteiger partial charge in [-0.25, -0.2) is 8.42 Å². The van der Waals surface area contributed by atoms with Crippen LogP contribution in [0.3, 0.4) is 0 Å². The third-order valence-electron chi connectivity index (χ3n) is 3.66. The van der Waals surface area contributed by atoms with Crippen LogP contribution in [0.5, 0.6) is 0 Å². The van der Waals surface area contributed by atoms with Crippen molar-refractivity contribution in [1.29, 1.82) is 0 Å². The average Bonchev–Trinajstić information content (AvgIpc) is 2.01. The minimum absolute atomic E-state index is 0.152. The van der Waals surface area contributed by atoms with Gasteiger partial charge in [0.05, 0.1) is 4.75 Å². The van der Waals surface area contributed by atoms with Crippen molar-refractivity contribution >= 4 is 9.84 Å². The van der Waals surface area contributed by atoms with Gasteiger partial charge >= 0.3 is 0 Å². The molecule has 0 saturated carbocycles. The van der Waals surface area contributed by atoms with E-state index in [4.69, 9.17) is 0 Å². The van der Waals surface area contributed by atoms with Gasteiger partial charge in [-0.15, -0.1) is 0 Å². The van der Waals surface area contributed by atoms with Gasteiger partial charge in [-0.3, -0.25) is 4.90 Å². The molecule has 0 radical (unpaired) electrons. The molecule has 0 atom stereocenters. The summed E-state index contributed by atoms with van der Waals surface area (Å²) >= 11 is 0. The van der Waals surface area contributed by atoms with Crippen LogP contribution in [0.4, 0.5) is 0 Å². The zero-order chi connectivity index (χ0) is 11.9. The summed E-state index contributed by atoms with van der Waals surface area (Å²) in [5, 5.41) is 0. The molecule has 1 aliphatic heterocycles. The first kappa shape index (κ1) is 13.0. The van der Waals surface area contributed by atoms with Gasteiger partial charge in [-0.2, -0.15) is 0 Å². The second-order valence-corrected chi connectivity index (χ2v) is 8.41. The fourth-order valence-corrected chi connectivity index (χ4v) is 2.95. The molecule has 1 aliphatic rings.